The lowest BCUT2D eigenvalue weighted by Crippen LogP contribution is -2.37. The summed E-state index contributed by atoms with van der Waals surface area (Å²) in [5.41, 5.74) is 2.55. The first-order valence-electron chi connectivity index (χ1n) is 6.96. The highest BCUT2D eigenvalue weighted by Crippen LogP contribution is 2.24. The number of nitrogens with zero attached hydrogens (tertiary/aromatic N) is 1. The Morgan fingerprint density at radius 1 is 1.22 bits per heavy atom. The van der Waals surface area contributed by atoms with Crippen LogP contribution in [0.4, 0.5) is 5.69 Å². The number of anilines is 1. The van der Waals surface area contributed by atoms with Gasteiger partial charge >= 0.3 is 0 Å². The third kappa shape index (κ3) is 3.24. The first-order valence-corrected chi connectivity index (χ1v) is 6.96. The van der Waals surface area contributed by atoms with Crippen LogP contribution in [0.1, 0.15) is 31.2 Å². The van der Waals surface area contributed by atoms with Crippen molar-refractivity contribution in [1.82, 2.24) is 5.32 Å². The topological polar surface area (TPSA) is 35.5 Å². The van der Waals surface area contributed by atoms with E-state index in [9.17, 15) is 5.11 Å². The molecule has 3 nitrogen and oxygen atoms in total. The van der Waals surface area contributed by atoms with Gasteiger partial charge in [0, 0.05) is 18.8 Å². The molecule has 3 heteroatoms. The number of hydrogen-bond acceptors (Lipinski definition) is 3. The Bertz CT molecular complexity index is 350. The molecule has 1 fully saturated rings. The number of benzene rings is 1. The Morgan fingerprint density at radius 3 is 2.67 bits per heavy atom. The van der Waals surface area contributed by atoms with Crippen molar-refractivity contribution in [3.63, 3.8) is 0 Å². The van der Waals surface area contributed by atoms with Crippen LogP contribution in [-0.4, -0.2) is 31.3 Å². The number of aliphatic hydroxyl groups is 1. The van der Waals surface area contributed by atoms with Crippen LogP contribution in [0.5, 0.6) is 0 Å². The van der Waals surface area contributed by atoms with Crippen LogP contribution in [0.25, 0.3) is 0 Å². The molecule has 18 heavy (non-hydrogen) atoms. The van der Waals surface area contributed by atoms with Crippen LogP contribution in [0.2, 0.25) is 0 Å². The second-order valence-electron chi connectivity index (χ2n) is 5.08. The molecule has 1 heterocycles. The summed E-state index contributed by atoms with van der Waals surface area (Å²) >= 11 is 0. The molecule has 0 spiro atoms. The van der Waals surface area contributed by atoms with E-state index in [2.05, 4.69) is 34.5 Å². The highest BCUT2D eigenvalue weighted by Gasteiger charge is 2.20. The van der Waals surface area contributed by atoms with E-state index in [1.54, 1.807) is 0 Å². The van der Waals surface area contributed by atoms with Gasteiger partial charge in [0.25, 0.3) is 0 Å². The molecule has 0 aromatic heterocycles. The van der Waals surface area contributed by atoms with Crippen molar-refractivity contribution < 1.29 is 5.11 Å². The quantitative estimate of drug-likeness (QED) is 0.857. The molecule has 1 saturated heterocycles. The highest BCUT2D eigenvalue weighted by molar-refractivity contribution is 5.48. The monoisotopic (exact) mass is 248 g/mol. The van der Waals surface area contributed by atoms with E-state index in [0.717, 1.165) is 19.5 Å². The van der Waals surface area contributed by atoms with E-state index in [1.165, 1.54) is 30.5 Å². The summed E-state index contributed by atoms with van der Waals surface area (Å²) < 4.78 is 0. The molecular formula is C15H24N2O. The second-order valence-corrected chi connectivity index (χ2v) is 5.08. The Labute approximate surface area is 110 Å². The van der Waals surface area contributed by atoms with Gasteiger partial charge in [-0.1, -0.05) is 25.0 Å². The van der Waals surface area contributed by atoms with Crippen LogP contribution < -0.4 is 10.2 Å². The van der Waals surface area contributed by atoms with Crippen molar-refractivity contribution in [3.8, 4) is 0 Å². The van der Waals surface area contributed by atoms with Crippen molar-refractivity contribution in [3.05, 3.63) is 29.8 Å². The molecule has 0 radical (unpaired) electrons. The van der Waals surface area contributed by atoms with Gasteiger partial charge in [-0.3, -0.25) is 0 Å². The predicted molar refractivity (Wildman–Crippen MR) is 75.9 cm³/mol. The third-order valence-electron chi connectivity index (χ3n) is 3.74. The molecule has 2 N–H and O–H groups in total. The fraction of sp³-hybridized carbons (Fsp3) is 0.600. The van der Waals surface area contributed by atoms with Crippen LogP contribution in [0.15, 0.2) is 24.3 Å². The third-order valence-corrected chi connectivity index (χ3v) is 3.74. The average molecular weight is 248 g/mol. The Morgan fingerprint density at radius 2 is 2.00 bits per heavy atom. The maximum atomic E-state index is 9.53. The summed E-state index contributed by atoms with van der Waals surface area (Å²) in [6, 6.07) is 9.00. The summed E-state index contributed by atoms with van der Waals surface area (Å²) in [7, 11) is 1.96. The maximum Gasteiger partial charge on any atom is 0.0635 e. The van der Waals surface area contributed by atoms with Crippen LogP contribution in [-0.2, 0) is 6.54 Å². The minimum Gasteiger partial charge on any atom is -0.394 e. The fourth-order valence-electron chi connectivity index (χ4n) is 2.72. The van der Waals surface area contributed by atoms with Crippen molar-refractivity contribution in [2.45, 2.75) is 38.3 Å². The Balaban J connectivity index is 2.11. The van der Waals surface area contributed by atoms with E-state index < -0.39 is 0 Å². The average Bonchev–Trinajstić information content (AvgIpc) is 2.65. The zero-order valence-electron chi connectivity index (χ0n) is 11.2. The number of hydrogen-bond donors (Lipinski definition) is 2. The molecule has 1 aliphatic heterocycles. The smallest absolute Gasteiger partial charge is 0.0635 e. The molecule has 1 aliphatic rings. The highest BCUT2D eigenvalue weighted by atomic mass is 16.3. The molecule has 100 valence electrons. The second kappa shape index (κ2) is 6.76. The van der Waals surface area contributed by atoms with Gasteiger partial charge in [0.1, 0.15) is 0 Å². The summed E-state index contributed by atoms with van der Waals surface area (Å²) in [5.74, 6) is 0. The molecule has 2 rings (SSSR count). The van der Waals surface area contributed by atoms with Crippen LogP contribution >= 0.6 is 0 Å². The Kier molecular flexibility index (Phi) is 5.02. The van der Waals surface area contributed by atoms with E-state index in [0.29, 0.717) is 6.04 Å². The van der Waals surface area contributed by atoms with Gasteiger partial charge in [-0.25, -0.2) is 0 Å². The van der Waals surface area contributed by atoms with Gasteiger partial charge < -0.3 is 15.3 Å². The normalized spacial score (nSPS) is 20.8. The lowest BCUT2D eigenvalue weighted by Gasteiger charge is -2.31. The van der Waals surface area contributed by atoms with Crippen molar-refractivity contribution in [2.24, 2.45) is 0 Å². The lowest BCUT2D eigenvalue weighted by atomic mass is 10.1. The molecule has 1 unspecified atom stereocenters. The van der Waals surface area contributed by atoms with Crippen LogP contribution in [0, 0.1) is 0 Å². The minimum absolute atomic E-state index is 0.262. The summed E-state index contributed by atoms with van der Waals surface area (Å²) in [4.78, 5) is 2.37. The van der Waals surface area contributed by atoms with E-state index in [4.69, 9.17) is 0 Å². The van der Waals surface area contributed by atoms with Crippen molar-refractivity contribution in [1.29, 1.82) is 0 Å². The van der Waals surface area contributed by atoms with Gasteiger partial charge in [-0.15, -0.1) is 0 Å². The van der Waals surface area contributed by atoms with Gasteiger partial charge in [-0.05, 0) is 37.6 Å². The van der Waals surface area contributed by atoms with E-state index in [-0.39, 0.29) is 6.61 Å². The SMILES string of the molecule is CNCc1ccc(N2CCCCCC2CO)cc1. The molecule has 0 saturated carbocycles. The molecule has 1 aromatic carbocycles. The minimum atomic E-state index is 0.262. The van der Waals surface area contributed by atoms with Gasteiger partial charge in [0.2, 0.25) is 0 Å². The predicted octanol–water partition coefficient (Wildman–Crippen LogP) is 2.15. The van der Waals surface area contributed by atoms with Gasteiger partial charge in [-0.2, -0.15) is 0 Å². The van der Waals surface area contributed by atoms with Crippen LogP contribution in [0.3, 0.4) is 0 Å². The lowest BCUT2D eigenvalue weighted by molar-refractivity contribution is 0.255. The largest absolute Gasteiger partial charge is 0.394 e. The van der Waals surface area contributed by atoms with Crippen molar-refractivity contribution >= 4 is 5.69 Å². The maximum absolute atomic E-state index is 9.53. The zero-order chi connectivity index (χ0) is 12.8. The molecule has 1 aromatic rings. The fourth-order valence-corrected chi connectivity index (χ4v) is 2.72. The van der Waals surface area contributed by atoms with E-state index in [1.807, 2.05) is 7.05 Å². The molecule has 1 atom stereocenters. The number of aliphatic hydroxyl groups excluding tert-OH is 1. The summed E-state index contributed by atoms with van der Waals surface area (Å²) in [6.07, 6.45) is 4.86. The molecule has 0 bridgehead atoms. The molecule has 0 amide bonds. The molecular weight excluding hydrogens is 224 g/mol. The first-order chi connectivity index (χ1) is 8.85. The standard InChI is InChI=1S/C15H24N2O/c1-16-11-13-6-8-14(9-7-13)17-10-4-2-3-5-15(17)12-18/h6-9,15-16,18H,2-5,10-12H2,1H3. The van der Waals surface area contributed by atoms with Gasteiger partial charge in [0.05, 0.1) is 12.6 Å². The van der Waals surface area contributed by atoms with Gasteiger partial charge in [0.15, 0.2) is 0 Å². The summed E-state index contributed by atoms with van der Waals surface area (Å²) in [5, 5.41) is 12.7. The first kappa shape index (κ1) is 13.4. The number of nitrogens with one attached hydrogen (secondary N) is 1. The van der Waals surface area contributed by atoms with Crippen molar-refractivity contribution in [2.75, 3.05) is 25.1 Å². The zero-order valence-corrected chi connectivity index (χ0v) is 11.2. The summed E-state index contributed by atoms with van der Waals surface area (Å²) in [6.45, 7) is 2.23. The Hall–Kier alpha value is -1.06. The molecule has 0 aliphatic carbocycles. The van der Waals surface area contributed by atoms with E-state index >= 15 is 0 Å². The number of rotatable bonds is 4.